The molecule has 0 bridgehead atoms. The fraction of sp³-hybridized carbons (Fsp3) is 0.562. The first kappa shape index (κ1) is 19.4. The summed E-state index contributed by atoms with van der Waals surface area (Å²) < 4.78 is 25.2. The fourth-order valence-electron chi connectivity index (χ4n) is 2.11. The zero-order valence-electron chi connectivity index (χ0n) is 14.4. The second kappa shape index (κ2) is 8.88. The van der Waals surface area contributed by atoms with E-state index in [9.17, 15) is 13.2 Å². The molecule has 7 heteroatoms. The summed E-state index contributed by atoms with van der Waals surface area (Å²) in [5, 5.41) is 2.82. The topological polar surface area (TPSA) is 69.7 Å². The van der Waals surface area contributed by atoms with Crippen LogP contribution >= 0.6 is 0 Å². The molecule has 0 unspecified atom stereocenters. The number of hydrogen-bond donors (Lipinski definition) is 1. The highest BCUT2D eigenvalue weighted by atomic mass is 32.2. The van der Waals surface area contributed by atoms with E-state index in [1.807, 2.05) is 33.2 Å². The first-order chi connectivity index (χ1) is 10.7. The molecular formula is C16H27N3O3S. The van der Waals surface area contributed by atoms with E-state index in [4.69, 9.17) is 0 Å². The highest BCUT2D eigenvalue weighted by Crippen LogP contribution is 2.18. The van der Waals surface area contributed by atoms with Crippen molar-refractivity contribution in [2.45, 2.75) is 19.8 Å². The standard InChI is InChI=1S/C16H27N3O3S/c1-14-6-8-15(9-7-14)19(23(4,21)22)13-10-16(20)17-11-5-12-18(2)3/h6-9H,5,10-13H2,1-4H3,(H,17,20). The molecular weight excluding hydrogens is 314 g/mol. The van der Waals surface area contributed by atoms with E-state index in [2.05, 4.69) is 10.2 Å². The zero-order chi connectivity index (χ0) is 17.5. The maximum absolute atomic E-state index is 12.0. The van der Waals surface area contributed by atoms with Crippen LogP contribution in [0.3, 0.4) is 0 Å². The second-order valence-electron chi connectivity index (χ2n) is 5.93. The molecule has 0 aromatic heterocycles. The Labute approximate surface area is 139 Å². The first-order valence-electron chi connectivity index (χ1n) is 7.66. The van der Waals surface area contributed by atoms with Crippen molar-refractivity contribution in [3.05, 3.63) is 29.8 Å². The summed E-state index contributed by atoms with van der Waals surface area (Å²) >= 11 is 0. The van der Waals surface area contributed by atoms with Crippen LogP contribution in [-0.2, 0) is 14.8 Å². The van der Waals surface area contributed by atoms with Crippen LogP contribution in [0.4, 0.5) is 5.69 Å². The van der Waals surface area contributed by atoms with Gasteiger partial charge in [-0.1, -0.05) is 17.7 Å². The van der Waals surface area contributed by atoms with Crippen LogP contribution in [0.25, 0.3) is 0 Å². The minimum Gasteiger partial charge on any atom is -0.356 e. The van der Waals surface area contributed by atoms with Crippen LogP contribution in [0.15, 0.2) is 24.3 Å². The third-order valence-electron chi connectivity index (χ3n) is 3.37. The molecule has 1 N–H and O–H groups in total. The van der Waals surface area contributed by atoms with E-state index >= 15 is 0 Å². The van der Waals surface area contributed by atoms with Crippen molar-refractivity contribution < 1.29 is 13.2 Å². The van der Waals surface area contributed by atoms with Crippen molar-refractivity contribution in [1.82, 2.24) is 10.2 Å². The number of hydrogen-bond acceptors (Lipinski definition) is 4. The van der Waals surface area contributed by atoms with Gasteiger partial charge in [0.05, 0.1) is 11.9 Å². The molecule has 6 nitrogen and oxygen atoms in total. The maximum Gasteiger partial charge on any atom is 0.232 e. The second-order valence-corrected chi connectivity index (χ2v) is 7.83. The molecule has 0 aliphatic rings. The summed E-state index contributed by atoms with van der Waals surface area (Å²) in [7, 11) is 0.543. The number of aryl methyl sites for hydroxylation is 1. The van der Waals surface area contributed by atoms with Gasteiger partial charge in [0, 0.05) is 19.5 Å². The highest BCUT2D eigenvalue weighted by Gasteiger charge is 2.18. The summed E-state index contributed by atoms with van der Waals surface area (Å²) in [4.78, 5) is 13.9. The van der Waals surface area contributed by atoms with Gasteiger partial charge in [-0.25, -0.2) is 8.42 Å². The van der Waals surface area contributed by atoms with Crippen LogP contribution in [-0.4, -0.2) is 59.2 Å². The molecule has 0 fully saturated rings. The third kappa shape index (κ3) is 7.47. The van der Waals surface area contributed by atoms with Crippen molar-refractivity contribution in [1.29, 1.82) is 0 Å². The smallest absolute Gasteiger partial charge is 0.232 e. The lowest BCUT2D eigenvalue weighted by Gasteiger charge is -2.22. The van der Waals surface area contributed by atoms with Crippen LogP contribution in [0.2, 0.25) is 0 Å². The van der Waals surface area contributed by atoms with Gasteiger partial charge in [0.25, 0.3) is 0 Å². The molecule has 0 aliphatic carbocycles. The van der Waals surface area contributed by atoms with E-state index in [-0.39, 0.29) is 18.9 Å². The Morgan fingerprint density at radius 1 is 1.13 bits per heavy atom. The van der Waals surface area contributed by atoms with E-state index < -0.39 is 10.0 Å². The molecule has 0 saturated heterocycles. The quantitative estimate of drug-likeness (QED) is 0.686. The predicted octanol–water partition coefficient (Wildman–Crippen LogP) is 1.22. The molecule has 1 aromatic carbocycles. The van der Waals surface area contributed by atoms with Gasteiger partial charge in [-0.3, -0.25) is 9.10 Å². The van der Waals surface area contributed by atoms with Gasteiger partial charge in [-0.2, -0.15) is 0 Å². The third-order valence-corrected chi connectivity index (χ3v) is 4.56. The van der Waals surface area contributed by atoms with Crippen molar-refractivity contribution in [2.75, 3.05) is 44.3 Å². The largest absolute Gasteiger partial charge is 0.356 e. The minimum atomic E-state index is -3.42. The van der Waals surface area contributed by atoms with Crippen molar-refractivity contribution in [2.24, 2.45) is 0 Å². The van der Waals surface area contributed by atoms with E-state index in [0.717, 1.165) is 24.8 Å². The summed E-state index contributed by atoms with van der Waals surface area (Å²) in [6.07, 6.45) is 2.16. The Morgan fingerprint density at radius 3 is 2.26 bits per heavy atom. The van der Waals surface area contributed by atoms with E-state index in [1.165, 1.54) is 4.31 Å². The normalized spacial score (nSPS) is 11.5. The molecule has 0 atom stereocenters. The number of amides is 1. The van der Waals surface area contributed by atoms with Gasteiger partial charge in [0.2, 0.25) is 15.9 Å². The Hall–Kier alpha value is -1.60. The lowest BCUT2D eigenvalue weighted by atomic mass is 10.2. The molecule has 0 radical (unpaired) electrons. The van der Waals surface area contributed by atoms with Crippen LogP contribution in [0.5, 0.6) is 0 Å². The summed E-state index contributed by atoms with van der Waals surface area (Å²) in [5.74, 6) is -0.135. The molecule has 0 saturated carbocycles. The number of nitrogens with one attached hydrogen (secondary N) is 1. The summed E-state index contributed by atoms with van der Waals surface area (Å²) in [6.45, 7) is 3.58. The molecule has 0 aliphatic heterocycles. The summed E-state index contributed by atoms with van der Waals surface area (Å²) in [5.41, 5.74) is 1.64. The number of carbonyl (C=O) groups is 1. The average molecular weight is 341 g/mol. The molecule has 1 amide bonds. The average Bonchev–Trinajstić information content (AvgIpc) is 2.44. The summed E-state index contributed by atoms with van der Waals surface area (Å²) in [6, 6.07) is 7.22. The molecule has 1 aromatic rings. The number of nitrogens with zero attached hydrogens (tertiary/aromatic N) is 2. The van der Waals surface area contributed by atoms with Gasteiger partial charge in [-0.15, -0.1) is 0 Å². The molecule has 23 heavy (non-hydrogen) atoms. The van der Waals surface area contributed by atoms with Crippen molar-refractivity contribution in [3.8, 4) is 0 Å². The SMILES string of the molecule is Cc1ccc(N(CCC(=O)NCCCN(C)C)S(C)(=O)=O)cc1. The monoisotopic (exact) mass is 341 g/mol. The zero-order valence-corrected chi connectivity index (χ0v) is 15.2. The Balaban J connectivity index is 2.56. The first-order valence-corrected chi connectivity index (χ1v) is 9.51. The van der Waals surface area contributed by atoms with Crippen molar-refractivity contribution >= 4 is 21.6 Å². The Morgan fingerprint density at radius 2 is 1.74 bits per heavy atom. The van der Waals surface area contributed by atoms with E-state index in [0.29, 0.717) is 12.2 Å². The predicted molar refractivity (Wildman–Crippen MR) is 94.2 cm³/mol. The molecule has 0 heterocycles. The van der Waals surface area contributed by atoms with Crippen LogP contribution < -0.4 is 9.62 Å². The van der Waals surface area contributed by atoms with Gasteiger partial charge >= 0.3 is 0 Å². The molecule has 0 spiro atoms. The molecule has 1 rings (SSSR count). The Kier molecular flexibility index (Phi) is 7.51. The lowest BCUT2D eigenvalue weighted by Crippen LogP contribution is -2.35. The van der Waals surface area contributed by atoms with Gasteiger partial charge < -0.3 is 10.2 Å². The lowest BCUT2D eigenvalue weighted by molar-refractivity contribution is -0.120. The highest BCUT2D eigenvalue weighted by molar-refractivity contribution is 7.92. The van der Waals surface area contributed by atoms with Gasteiger partial charge in [0.15, 0.2) is 0 Å². The van der Waals surface area contributed by atoms with Crippen molar-refractivity contribution in [3.63, 3.8) is 0 Å². The number of carbonyl (C=O) groups excluding carboxylic acids is 1. The number of anilines is 1. The van der Waals surface area contributed by atoms with Crippen LogP contribution in [0, 0.1) is 6.92 Å². The van der Waals surface area contributed by atoms with Gasteiger partial charge in [-0.05, 0) is 46.1 Å². The van der Waals surface area contributed by atoms with E-state index in [1.54, 1.807) is 12.1 Å². The van der Waals surface area contributed by atoms with Crippen LogP contribution in [0.1, 0.15) is 18.4 Å². The fourth-order valence-corrected chi connectivity index (χ4v) is 3.04. The minimum absolute atomic E-state index is 0.135. The number of rotatable bonds is 9. The number of benzene rings is 1. The Bertz CT molecular complexity index is 598. The number of sulfonamides is 1. The molecule has 130 valence electrons. The van der Waals surface area contributed by atoms with Gasteiger partial charge in [0.1, 0.15) is 0 Å². The maximum atomic E-state index is 12.0.